The summed E-state index contributed by atoms with van der Waals surface area (Å²) in [7, 11) is 0. The minimum Gasteiger partial charge on any atom is -0.434 e. The van der Waals surface area contributed by atoms with E-state index in [0.29, 0.717) is 28.7 Å². The smallest absolute Gasteiger partial charge is 0.416 e. The van der Waals surface area contributed by atoms with Crippen LogP contribution in [0.25, 0.3) is 22.9 Å². The van der Waals surface area contributed by atoms with E-state index < -0.39 is 11.7 Å². The van der Waals surface area contributed by atoms with E-state index in [4.69, 9.17) is 4.42 Å². The fraction of sp³-hybridized carbons (Fsp3) is 0.0952. The zero-order valence-electron chi connectivity index (χ0n) is 15.2. The van der Waals surface area contributed by atoms with Crippen LogP contribution in [0.1, 0.15) is 11.1 Å². The summed E-state index contributed by atoms with van der Waals surface area (Å²) in [4.78, 5) is 12.9. The largest absolute Gasteiger partial charge is 0.434 e. The predicted molar refractivity (Wildman–Crippen MR) is 102 cm³/mol. The van der Waals surface area contributed by atoms with Crippen molar-refractivity contribution in [2.75, 3.05) is 5.32 Å². The molecule has 3 aromatic heterocycles. The van der Waals surface area contributed by atoms with Crippen LogP contribution in [0.15, 0.2) is 71.4 Å². The number of oxazole rings is 1. The van der Waals surface area contributed by atoms with Crippen molar-refractivity contribution >= 4 is 11.6 Å². The Morgan fingerprint density at radius 2 is 1.72 bits per heavy atom. The van der Waals surface area contributed by atoms with Gasteiger partial charge in [-0.15, -0.1) is 0 Å². The number of nitrogens with zero attached hydrogens (tertiary/aromatic N) is 3. The molecule has 3 heterocycles. The van der Waals surface area contributed by atoms with Gasteiger partial charge in [0.05, 0.1) is 11.8 Å². The third-order valence-corrected chi connectivity index (χ3v) is 4.14. The molecule has 1 aromatic carbocycles. The maximum atomic E-state index is 12.7. The van der Waals surface area contributed by atoms with E-state index in [1.165, 1.54) is 18.3 Å². The summed E-state index contributed by atoms with van der Waals surface area (Å²) < 4.78 is 43.8. The molecule has 1 N–H and O–H groups in total. The first-order chi connectivity index (χ1) is 13.9. The van der Waals surface area contributed by atoms with Crippen molar-refractivity contribution in [1.82, 2.24) is 15.0 Å². The molecule has 0 unspecified atom stereocenters. The molecule has 146 valence electrons. The van der Waals surface area contributed by atoms with Crippen LogP contribution >= 0.6 is 0 Å². The lowest BCUT2D eigenvalue weighted by molar-refractivity contribution is -0.137. The Kier molecular flexibility index (Phi) is 4.75. The van der Waals surface area contributed by atoms with Crippen LogP contribution in [0.5, 0.6) is 0 Å². The quantitative estimate of drug-likeness (QED) is 0.467. The van der Waals surface area contributed by atoms with Gasteiger partial charge in [0.2, 0.25) is 5.89 Å². The van der Waals surface area contributed by atoms with Crippen LogP contribution in [0.2, 0.25) is 0 Å². The van der Waals surface area contributed by atoms with Crippen LogP contribution in [0, 0.1) is 6.92 Å². The van der Waals surface area contributed by atoms with E-state index in [0.717, 1.165) is 17.7 Å². The highest BCUT2D eigenvalue weighted by Crippen LogP contribution is 2.31. The molecular formula is C21H15F3N4O. The third-order valence-electron chi connectivity index (χ3n) is 4.14. The number of hydrogen-bond donors (Lipinski definition) is 1. The molecule has 0 fully saturated rings. The van der Waals surface area contributed by atoms with E-state index in [1.54, 1.807) is 24.4 Å². The number of alkyl halides is 3. The number of aromatic nitrogens is 3. The normalized spacial score (nSPS) is 11.4. The van der Waals surface area contributed by atoms with Crippen molar-refractivity contribution in [3.63, 3.8) is 0 Å². The number of pyridine rings is 2. The van der Waals surface area contributed by atoms with Crippen LogP contribution in [-0.2, 0) is 6.18 Å². The highest BCUT2D eigenvalue weighted by molar-refractivity contribution is 5.61. The van der Waals surface area contributed by atoms with Crippen molar-refractivity contribution in [2.45, 2.75) is 13.1 Å². The number of aryl methyl sites for hydroxylation is 1. The summed E-state index contributed by atoms with van der Waals surface area (Å²) in [5.41, 5.74) is 1.32. The number of halogens is 3. The Hall–Kier alpha value is -3.68. The van der Waals surface area contributed by atoms with Crippen molar-refractivity contribution in [1.29, 1.82) is 0 Å². The second-order valence-corrected chi connectivity index (χ2v) is 6.36. The Balaban J connectivity index is 1.56. The molecule has 4 rings (SSSR count). The van der Waals surface area contributed by atoms with Crippen LogP contribution in [-0.4, -0.2) is 15.0 Å². The first kappa shape index (κ1) is 18.7. The van der Waals surface area contributed by atoms with Gasteiger partial charge in [-0.1, -0.05) is 6.07 Å². The molecular weight excluding hydrogens is 381 g/mol. The Morgan fingerprint density at radius 1 is 0.931 bits per heavy atom. The summed E-state index contributed by atoms with van der Waals surface area (Å²) >= 11 is 0. The zero-order chi connectivity index (χ0) is 20.4. The van der Waals surface area contributed by atoms with Gasteiger partial charge in [0, 0.05) is 11.8 Å². The molecule has 0 saturated carbocycles. The maximum Gasteiger partial charge on any atom is 0.416 e. The third kappa shape index (κ3) is 4.26. The molecule has 0 bridgehead atoms. The summed E-state index contributed by atoms with van der Waals surface area (Å²) in [5, 5.41) is 3.12. The fourth-order valence-corrected chi connectivity index (χ4v) is 2.71. The lowest BCUT2D eigenvalue weighted by atomic mass is 10.1. The molecule has 0 atom stereocenters. The molecule has 29 heavy (non-hydrogen) atoms. The van der Waals surface area contributed by atoms with Crippen molar-refractivity contribution in [3.8, 4) is 22.9 Å². The van der Waals surface area contributed by atoms with Crippen molar-refractivity contribution in [2.24, 2.45) is 0 Å². The molecule has 0 aliphatic rings. The summed E-state index contributed by atoms with van der Waals surface area (Å²) in [6, 6.07) is 13.8. The lowest BCUT2D eigenvalue weighted by Gasteiger charge is -2.06. The molecule has 0 amide bonds. The first-order valence-electron chi connectivity index (χ1n) is 8.69. The van der Waals surface area contributed by atoms with E-state index >= 15 is 0 Å². The molecule has 0 aliphatic heterocycles. The van der Waals surface area contributed by atoms with Gasteiger partial charge in [0.1, 0.15) is 17.3 Å². The number of nitrogens with one attached hydrogen (secondary N) is 1. The van der Waals surface area contributed by atoms with Gasteiger partial charge < -0.3 is 9.73 Å². The van der Waals surface area contributed by atoms with Gasteiger partial charge >= 0.3 is 6.18 Å². The van der Waals surface area contributed by atoms with Crippen LogP contribution in [0.4, 0.5) is 24.8 Å². The Morgan fingerprint density at radius 3 is 2.45 bits per heavy atom. The van der Waals surface area contributed by atoms with Gasteiger partial charge in [-0.3, -0.25) is 0 Å². The molecule has 0 saturated heterocycles. The number of hydrogen-bond acceptors (Lipinski definition) is 5. The average molecular weight is 396 g/mol. The Bertz CT molecular complexity index is 1140. The van der Waals surface area contributed by atoms with Crippen molar-refractivity contribution in [3.05, 3.63) is 78.1 Å². The average Bonchev–Trinajstić information content (AvgIpc) is 3.18. The number of rotatable bonds is 4. The summed E-state index contributed by atoms with van der Waals surface area (Å²) in [5.74, 6) is 1.86. The van der Waals surface area contributed by atoms with Gasteiger partial charge in [0.15, 0.2) is 5.76 Å². The second-order valence-electron chi connectivity index (χ2n) is 6.36. The van der Waals surface area contributed by atoms with E-state index in [1.807, 2.05) is 19.1 Å². The van der Waals surface area contributed by atoms with E-state index in [-0.39, 0.29) is 5.89 Å². The topological polar surface area (TPSA) is 63.8 Å². The lowest BCUT2D eigenvalue weighted by Crippen LogP contribution is -2.03. The molecule has 5 nitrogen and oxygen atoms in total. The highest BCUT2D eigenvalue weighted by Gasteiger charge is 2.30. The minimum atomic E-state index is -4.39. The van der Waals surface area contributed by atoms with Gasteiger partial charge in [-0.05, 0) is 61.0 Å². The van der Waals surface area contributed by atoms with Crippen LogP contribution in [0.3, 0.4) is 0 Å². The number of anilines is 2. The van der Waals surface area contributed by atoms with Gasteiger partial charge in [-0.2, -0.15) is 13.2 Å². The standard InChI is InChI=1S/C21H15F3N4O/c1-13-9-10-25-19(11-13)28-18-4-2-3-16(27-18)17-12-26-20(29-17)14-5-7-15(8-6-14)21(22,23)24/h2-12H,1H3,(H,25,27,28). The highest BCUT2D eigenvalue weighted by atomic mass is 19.4. The number of benzene rings is 1. The molecule has 4 aromatic rings. The SMILES string of the molecule is Cc1ccnc(Nc2cccc(-c3cnc(-c4ccc(C(F)(F)F)cc4)o3)n2)c1. The predicted octanol–water partition coefficient (Wildman–Crippen LogP) is 5.87. The molecule has 0 radical (unpaired) electrons. The second kappa shape index (κ2) is 7.38. The summed E-state index contributed by atoms with van der Waals surface area (Å²) in [6.07, 6.45) is -1.19. The molecule has 0 spiro atoms. The van der Waals surface area contributed by atoms with E-state index in [9.17, 15) is 13.2 Å². The maximum absolute atomic E-state index is 12.7. The monoisotopic (exact) mass is 396 g/mol. The first-order valence-corrected chi connectivity index (χ1v) is 8.69. The minimum absolute atomic E-state index is 0.217. The van der Waals surface area contributed by atoms with Gasteiger partial charge in [0.25, 0.3) is 0 Å². The fourth-order valence-electron chi connectivity index (χ4n) is 2.71. The summed E-state index contributed by atoms with van der Waals surface area (Å²) in [6.45, 7) is 1.97. The molecule has 8 heteroatoms. The van der Waals surface area contributed by atoms with Crippen LogP contribution < -0.4 is 5.32 Å². The zero-order valence-corrected chi connectivity index (χ0v) is 15.2. The Labute approximate surface area is 164 Å². The van der Waals surface area contributed by atoms with E-state index in [2.05, 4.69) is 20.3 Å². The van der Waals surface area contributed by atoms with Gasteiger partial charge in [-0.25, -0.2) is 15.0 Å². The van der Waals surface area contributed by atoms with Crippen molar-refractivity contribution < 1.29 is 17.6 Å². The molecule has 0 aliphatic carbocycles.